The van der Waals surface area contributed by atoms with Gasteiger partial charge in [0.15, 0.2) is 18.2 Å². The predicted molar refractivity (Wildman–Crippen MR) is 110 cm³/mol. The molecule has 1 saturated heterocycles. The number of piperazine rings is 1. The van der Waals surface area contributed by atoms with Crippen LogP contribution in [-0.4, -0.2) is 61.9 Å². The average molecular weight is 455 g/mol. The molecule has 2 amide bonds. The Morgan fingerprint density at radius 1 is 1.03 bits per heavy atom. The number of carbonyl (C=O) groups is 1. The maximum absolute atomic E-state index is 13.8. The second-order valence-corrected chi connectivity index (χ2v) is 7.44. The molecule has 1 fully saturated rings. The highest BCUT2D eigenvalue weighted by molar-refractivity contribution is 5.74. The fourth-order valence-corrected chi connectivity index (χ4v) is 3.33. The molecule has 1 heterocycles. The second-order valence-electron chi connectivity index (χ2n) is 7.44. The third-order valence-corrected chi connectivity index (χ3v) is 5.05. The van der Waals surface area contributed by atoms with Gasteiger partial charge in [0.2, 0.25) is 0 Å². The Bertz CT molecular complexity index is 898. The lowest BCUT2D eigenvalue weighted by Gasteiger charge is -2.34. The maximum Gasteiger partial charge on any atom is 0.422 e. The van der Waals surface area contributed by atoms with E-state index in [2.05, 4.69) is 15.0 Å². The van der Waals surface area contributed by atoms with Gasteiger partial charge in [-0.05, 0) is 35.4 Å². The fourth-order valence-electron chi connectivity index (χ4n) is 3.33. The Hall–Kier alpha value is -3.01. The molecule has 3 rings (SSSR count). The van der Waals surface area contributed by atoms with Gasteiger partial charge in [0.1, 0.15) is 5.75 Å². The number of benzene rings is 2. The number of rotatable bonds is 7. The first-order chi connectivity index (χ1) is 15.2. The van der Waals surface area contributed by atoms with Crippen molar-refractivity contribution in [3.05, 3.63) is 59.4 Å². The van der Waals surface area contributed by atoms with E-state index in [0.717, 1.165) is 11.1 Å². The van der Waals surface area contributed by atoms with Crippen LogP contribution in [0.5, 0.6) is 11.5 Å². The smallest absolute Gasteiger partial charge is 0.422 e. The summed E-state index contributed by atoms with van der Waals surface area (Å²) in [7, 11) is 1.42. The summed E-state index contributed by atoms with van der Waals surface area (Å²) in [5.41, 5.74) is 1.58. The molecule has 0 spiro atoms. The van der Waals surface area contributed by atoms with Gasteiger partial charge in [-0.2, -0.15) is 13.2 Å². The van der Waals surface area contributed by atoms with Gasteiger partial charge >= 0.3 is 12.2 Å². The number of ether oxygens (including phenoxy) is 2. The molecule has 0 aromatic heterocycles. The van der Waals surface area contributed by atoms with Crippen LogP contribution in [0.15, 0.2) is 42.5 Å². The number of urea groups is 1. The fraction of sp³-hybridized carbons (Fsp3) is 0.409. The molecule has 0 saturated carbocycles. The molecule has 32 heavy (non-hydrogen) atoms. The van der Waals surface area contributed by atoms with Gasteiger partial charge in [-0.3, -0.25) is 4.90 Å². The van der Waals surface area contributed by atoms with Crippen LogP contribution in [0.4, 0.5) is 22.4 Å². The first-order valence-corrected chi connectivity index (χ1v) is 10.1. The number of amides is 2. The number of carbonyl (C=O) groups excluding carboxylic acids is 1. The number of halogens is 4. The van der Waals surface area contributed by atoms with Crippen molar-refractivity contribution in [2.24, 2.45) is 0 Å². The molecular formula is C22H25F4N3O3. The van der Waals surface area contributed by atoms with Crippen LogP contribution in [0.1, 0.15) is 11.1 Å². The van der Waals surface area contributed by atoms with Crippen molar-refractivity contribution in [1.29, 1.82) is 0 Å². The highest BCUT2D eigenvalue weighted by Crippen LogP contribution is 2.20. The summed E-state index contributed by atoms with van der Waals surface area (Å²) in [4.78, 5) is 16.3. The highest BCUT2D eigenvalue weighted by Gasteiger charge is 2.28. The summed E-state index contributed by atoms with van der Waals surface area (Å²) in [6.45, 7) is 1.88. The van der Waals surface area contributed by atoms with Gasteiger partial charge < -0.3 is 19.7 Å². The topological polar surface area (TPSA) is 54.0 Å². The minimum Gasteiger partial charge on any atom is -0.494 e. The molecule has 0 aliphatic carbocycles. The van der Waals surface area contributed by atoms with Gasteiger partial charge in [-0.1, -0.05) is 18.2 Å². The summed E-state index contributed by atoms with van der Waals surface area (Å²) >= 11 is 0. The Balaban J connectivity index is 1.40. The molecule has 0 unspecified atom stereocenters. The third-order valence-electron chi connectivity index (χ3n) is 5.05. The number of hydrogen-bond acceptors (Lipinski definition) is 4. The molecule has 0 bridgehead atoms. The highest BCUT2D eigenvalue weighted by atomic mass is 19.4. The first kappa shape index (κ1) is 23.6. The predicted octanol–water partition coefficient (Wildman–Crippen LogP) is 3.80. The molecule has 10 heteroatoms. The number of nitrogens with one attached hydrogen (secondary N) is 1. The van der Waals surface area contributed by atoms with Crippen molar-refractivity contribution in [2.45, 2.75) is 19.3 Å². The van der Waals surface area contributed by atoms with Crippen molar-refractivity contribution in [3.63, 3.8) is 0 Å². The van der Waals surface area contributed by atoms with Crippen LogP contribution in [0.25, 0.3) is 0 Å². The SMILES string of the molecule is COc1ccc(CN2CCN(C(=O)NCc3ccc(OCC(F)(F)F)cc3)CC2)cc1F. The van der Waals surface area contributed by atoms with Crippen LogP contribution in [0.3, 0.4) is 0 Å². The summed E-state index contributed by atoms with van der Waals surface area (Å²) in [5.74, 6) is -0.0769. The van der Waals surface area contributed by atoms with E-state index in [1.165, 1.54) is 25.3 Å². The summed E-state index contributed by atoms with van der Waals surface area (Å²) in [6.07, 6.45) is -4.39. The maximum atomic E-state index is 13.8. The lowest BCUT2D eigenvalue weighted by Crippen LogP contribution is -2.51. The minimum atomic E-state index is -4.39. The zero-order chi connectivity index (χ0) is 23.1. The summed E-state index contributed by atoms with van der Waals surface area (Å²) in [5, 5.41) is 2.81. The van der Waals surface area contributed by atoms with Crippen LogP contribution >= 0.6 is 0 Å². The normalized spacial score (nSPS) is 14.8. The molecule has 6 nitrogen and oxygen atoms in total. The van der Waals surface area contributed by atoms with Gasteiger partial charge in [0.25, 0.3) is 0 Å². The third kappa shape index (κ3) is 7.01. The molecule has 1 aliphatic rings. The van der Waals surface area contributed by atoms with E-state index >= 15 is 0 Å². The molecule has 0 atom stereocenters. The van der Waals surface area contributed by atoms with E-state index in [0.29, 0.717) is 32.7 Å². The first-order valence-electron chi connectivity index (χ1n) is 10.1. The van der Waals surface area contributed by atoms with E-state index in [-0.39, 0.29) is 24.1 Å². The van der Waals surface area contributed by atoms with Crippen molar-refractivity contribution in [1.82, 2.24) is 15.1 Å². The van der Waals surface area contributed by atoms with Crippen LogP contribution in [0, 0.1) is 5.82 Å². The van der Waals surface area contributed by atoms with E-state index < -0.39 is 18.6 Å². The molecule has 2 aromatic carbocycles. The number of methoxy groups -OCH3 is 1. The largest absolute Gasteiger partial charge is 0.494 e. The Kier molecular flexibility index (Phi) is 7.79. The number of nitrogens with zero attached hydrogens (tertiary/aromatic N) is 2. The van der Waals surface area contributed by atoms with Crippen LogP contribution in [-0.2, 0) is 13.1 Å². The monoisotopic (exact) mass is 455 g/mol. The van der Waals surface area contributed by atoms with Gasteiger partial charge in [-0.25, -0.2) is 9.18 Å². The van der Waals surface area contributed by atoms with Gasteiger partial charge in [0, 0.05) is 39.3 Å². The molecule has 2 aromatic rings. The van der Waals surface area contributed by atoms with E-state index in [4.69, 9.17) is 4.74 Å². The van der Waals surface area contributed by atoms with Crippen molar-refractivity contribution < 1.29 is 31.8 Å². The Labute approximate surface area is 183 Å². The second kappa shape index (κ2) is 10.5. The minimum absolute atomic E-state index is 0.116. The lowest BCUT2D eigenvalue weighted by atomic mass is 10.2. The van der Waals surface area contributed by atoms with Crippen LogP contribution < -0.4 is 14.8 Å². The molecule has 174 valence electrons. The summed E-state index contributed by atoms with van der Waals surface area (Å²) < 4.78 is 60.0. The van der Waals surface area contributed by atoms with Crippen LogP contribution in [0.2, 0.25) is 0 Å². The van der Waals surface area contributed by atoms with Gasteiger partial charge in [0.05, 0.1) is 7.11 Å². The van der Waals surface area contributed by atoms with E-state index in [1.54, 1.807) is 23.1 Å². The van der Waals surface area contributed by atoms with Crippen molar-refractivity contribution in [3.8, 4) is 11.5 Å². The van der Waals surface area contributed by atoms with E-state index in [9.17, 15) is 22.4 Å². The average Bonchev–Trinajstić information content (AvgIpc) is 2.77. The Morgan fingerprint density at radius 3 is 2.28 bits per heavy atom. The zero-order valence-corrected chi connectivity index (χ0v) is 17.6. The lowest BCUT2D eigenvalue weighted by molar-refractivity contribution is -0.153. The summed E-state index contributed by atoms with van der Waals surface area (Å²) in [6, 6.07) is 10.8. The van der Waals surface area contributed by atoms with Crippen molar-refractivity contribution >= 4 is 6.03 Å². The van der Waals surface area contributed by atoms with Crippen molar-refractivity contribution in [2.75, 3.05) is 39.9 Å². The van der Waals surface area contributed by atoms with E-state index in [1.807, 2.05) is 6.07 Å². The van der Waals surface area contributed by atoms with Gasteiger partial charge in [-0.15, -0.1) is 0 Å². The standard InChI is InChI=1S/C22H25F4N3O3/c1-31-20-7-4-17(12-19(20)23)14-28-8-10-29(11-9-28)21(30)27-13-16-2-5-18(6-3-16)32-15-22(24,25)26/h2-7,12H,8-11,13-15H2,1H3,(H,27,30). The zero-order valence-electron chi connectivity index (χ0n) is 17.6. The quantitative estimate of drug-likeness (QED) is 0.646. The number of hydrogen-bond donors (Lipinski definition) is 1. The molecule has 0 radical (unpaired) electrons. The molecule has 1 N–H and O–H groups in total. The molecule has 1 aliphatic heterocycles. The Morgan fingerprint density at radius 2 is 1.69 bits per heavy atom. The number of alkyl halides is 3. The molecular weight excluding hydrogens is 430 g/mol.